The predicted molar refractivity (Wildman–Crippen MR) is 110 cm³/mol. The van der Waals surface area contributed by atoms with E-state index in [2.05, 4.69) is 11.4 Å². The molecule has 2 heterocycles. The maximum Gasteiger partial charge on any atom is 0.411 e. The molecule has 2 aromatic rings. The van der Waals surface area contributed by atoms with Crippen LogP contribution in [-0.4, -0.2) is 42.2 Å². The number of hydrogen-bond acceptors (Lipinski definition) is 4. The molecule has 6 heteroatoms. The van der Waals surface area contributed by atoms with E-state index < -0.39 is 0 Å². The molecule has 150 valence electrons. The van der Waals surface area contributed by atoms with Gasteiger partial charge in [-0.05, 0) is 35.3 Å². The highest BCUT2D eigenvalue weighted by atomic mass is 16.6. The third-order valence-corrected chi connectivity index (χ3v) is 5.19. The molecule has 2 aromatic carbocycles. The van der Waals surface area contributed by atoms with Crippen LogP contribution in [0.3, 0.4) is 0 Å². The van der Waals surface area contributed by atoms with Crippen molar-refractivity contribution < 1.29 is 19.1 Å². The number of nitrogens with one attached hydrogen (secondary N) is 1. The van der Waals surface area contributed by atoms with Gasteiger partial charge in [0.25, 0.3) is 0 Å². The van der Waals surface area contributed by atoms with Gasteiger partial charge in [-0.3, -0.25) is 9.69 Å². The number of rotatable bonds is 4. The second-order valence-corrected chi connectivity index (χ2v) is 7.36. The number of fused-ring (bicyclic) bond motifs is 2. The summed E-state index contributed by atoms with van der Waals surface area (Å²) < 4.78 is 11.2. The molecule has 0 radical (unpaired) electrons. The zero-order valence-corrected chi connectivity index (χ0v) is 16.3. The summed E-state index contributed by atoms with van der Waals surface area (Å²) in [6.07, 6.45) is 2.49. The van der Waals surface area contributed by atoms with Gasteiger partial charge < -0.3 is 14.8 Å². The first kappa shape index (κ1) is 19.2. The first-order valence-electron chi connectivity index (χ1n) is 9.75. The van der Waals surface area contributed by atoms with Crippen LogP contribution in [0.2, 0.25) is 0 Å². The summed E-state index contributed by atoms with van der Waals surface area (Å²) in [5.74, 6) is -0.0917. The third kappa shape index (κ3) is 4.49. The predicted octanol–water partition coefficient (Wildman–Crippen LogP) is 3.84. The quantitative estimate of drug-likeness (QED) is 0.859. The molecule has 2 atom stereocenters. The largest absolute Gasteiger partial charge is 0.445 e. The second-order valence-electron chi connectivity index (χ2n) is 7.36. The van der Waals surface area contributed by atoms with E-state index in [0.29, 0.717) is 19.6 Å². The van der Waals surface area contributed by atoms with Crippen molar-refractivity contribution in [2.75, 3.05) is 18.5 Å². The second kappa shape index (κ2) is 8.49. The average molecular weight is 392 g/mol. The van der Waals surface area contributed by atoms with Crippen molar-refractivity contribution in [2.24, 2.45) is 0 Å². The summed E-state index contributed by atoms with van der Waals surface area (Å²) in [7, 11) is 0. The summed E-state index contributed by atoms with van der Waals surface area (Å²) in [5, 5.41) is 2.78. The molecule has 1 fully saturated rings. The lowest BCUT2D eigenvalue weighted by Crippen LogP contribution is -2.56. The van der Waals surface area contributed by atoms with Crippen LogP contribution < -0.4 is 5.32 Å². The fraction of sp³-hybridized carbons (Fsp3) is 0.304. The minimum absolute atomic E-state index is 0.0490. The SMILES string of the molecule is CC(=O)Nc1ccc(C2=CC3COCC(C2)N3C(=O)OCc2ccccc2)cc1. The fourth-order valence-electron chi connectivity index (χ4n) is 3.86. The van der Waals surface area contributed by atoms with E-state index in [1.165, 1.54) is 12.5 Å². The van der Waals surface area contributed by atoms with Crippen LogP contribution in [-0.2, 0) is 20.9 Å². The highest BCUT2D eigenvalue weighted by Gasteiger charge is 2.39. The zero-order chi connectivity index (χ0) is 20.2. The average Bonchev–Trinajstić information content (AvgIpc) is 2.72. The molecule has 2 aliphatic rings. The van der Waals surface area contributed by atoms with E-state index in [1.54, 1.807) is 0 Å². The van der Waals surface area contributed by atoms with Gasteiger partial charge in [-0.1, -0.05) is 48.5 Å². The van der Waals surface area contributed by atoms with Crippen molar-refractivity contribution in [1.82, 2.24) is 4.90 Å². The third-order valence-electron chi connectivity index (χ3n) is 5.19. The summed E-state index contributed by atoms with van der Waals surface area (Å²) >= 11 is 0. The molecule has 0 aliphatic carbocycles. The van der Waals surface area contributed by atoms with Gasteiger partial charge in [-0.2, -0.15) is 0 Å². The Hall–Kier alpha value is -3.12. The van der Waals surface area contributed by atoms with Crippen molar-refractivity contribution in [3.63, 3.8) is 0 Å². The fourth-order valence-corrected chi connectivity index (χ4v) is 3.86. The minimum Gasteiger partial charge on any atom is -0.445 e. The van der Waals surface area contributed by atoms with Gasteiger partial charge in [-0.25, -0.2) is 4.79 Å². The van der Waals surface area contributed by atoms with E-state index in [0.717, 1.165) is 16.8 Å². The van der Waals surface area contributed by atoms with Crippen LogP contribution in [0.1, 0.15) is 24.5 Å². The molecule has 1 saturated heterocycles. The van der Waals surface area contributed by atoms with E-state index in [1.807, 2.05) is 59.5 Å². The van der Waals surface area contributed by atoms with Crippen molar-refractivity contribution in [2.45, 2.75) is 32.0 Å². The number of ether oxygens (including phenoxy) is 2. The van der Waals surface area contributed by atoms with Crippen molar-refractivity contribution in [3.8, 4) is 0 Å². The van der Waals surface area contributed by atoms with E-state index in [4.69, 9.17) is 9.47 Å². The Balaban J connectivity index is 1.46. The van der Waals surface area contributed by atoms with Gasteiger partial charge in [0, 0.05) is 12.6 Å². The number of anilines is 1. The minimum atomic E-state index is -0.302. The topological polar surface area (TPSA) is 67.9 Å². The van der Waals surface area contributed by atoms with E-state index >= 15 is 0 Å². The molecule has 0 saturated carbocycles. The normalized spacial score (nSPS) is 20.6. The summed E-state index contributed by atoms with van der Waals surface area (Å²) in [4.78, 5) is 25.8. The maximum absolute atomic E-state index is 12.8. The summed E-state index contributed by atoms with van der Waals surface area (Å²) in [5.41, 5.74) is 4.01. The zero-order valence-electron chi connectivity index (χ0n) is 16.3. The Morgan fingerprint density at radius 2 is 1.86 bits per heavy atom. The summed E-state index contributed by atoms with van der Waals surface area (Å²) in [6.45, 7) is 2.71. The molecule has 2 unspecified atom stereocenters. The van der Waals surface area contributed by atoms with Crippen molar-refractivity contribution in [1.29, 1.82) is 0 Å². The Labute approximate surface area is 170 Å². The lowest BCUT2D eigenvalue weighted by atomic mass is 9.90. The van der Waals surface area contributed by atoms with Crippen LogP contribution in [0.4, 0.5) is 10.5 Å². The van der Waals surface area contributed by atoms with Crippen LogP contribution in [0.15, 0.2) is 60.7 Å². The van der Waals surface area contributed by atoms with Crippen LogP contribution in [0.5, 0.6) is 0 Å². The van der Waals surface area contributed by atoms with Gasteiger partial charge in [0.15, 0.2) is 0 Å². The number of amides is 2. The molecule has 4 rings (SSSR count). The van der Waals surface area contributed by atoms with Gasteiger partial charge in [-0.15, -0.1) is 0 Å². The van der Waals surface area contributed by atoms with Crippen molar-refractivity contribution >= 4 is 23.3 Å². The van der Waals surface area contributed by atoms with E-state index in [-0.39, 0.29) is 30.7 Å². The molecule has 2 aliphatic heterocycles. The molecule has 1 N–H and O–H groups in total. The van der Waals surface area contributed by atoms with Gasteiger partial charge in [0.05, 0.1) is 25.3 Å². The van der Waals surface area contributed by atoms with Gasteiger partial charge >= 0.3 is 6.09 Å². The van der Waals surface area contributed by atoms with E-state index in [9.17, 15) is 9.59 Å². The van der Waals surface area contributed by atoms with Gasteiger partial charge in [0.1, 0.15) is 6.61 Å². The van der Waals surface area contributed by atoms with Crippen LogP contribution in [0, 0.1) is 0 Å². The lowest BCUT2D eigenvalue weighted by molar-refractivity contribution is -0.114. The molecule has 0 spiro atoms. The Morgan fingerprint density at radius 1 is 1.10 bits per heavy atom. The molecule has 0 aromatic heterocycles. The number of nitrogens with zero attached hydrogens (tertiary/aromatic N) is 1. The molecular formula is C23H24N2O4. The smallest absolute Gasteiger partial charge is 0.411 e. The Morgan fingerprint density at radius 3 is 2.55 bits per heavy atom. The van der Waals surface area contributed by atoms with Crippen LogP contribution >= 0.6 is 0 Å². The molecule has 29 heavy (non-hydrogen) atoms. The van der Waals surface area contributed by atoms with Crippen molar-refractivity contribution in [3.05, 3.63) is 71.8 Å². The lowest BCUT2D eigenvalue weighted by Gasteiger charge is -2.43. The van der Waals surface area contributed by atoms with Gasteiger partial charge in [0.2, 0.25) is 5.91 Å². The first-order valence-corrected chi connectivity index (χ1v) is 9.75. The number of carbonyl (C=O) groups excluding carboxylic acids is 2. The Kier molecular flexibility index (Phi) is 5.62. The first-order chi connectivity index (χ1) is 14.1. The molecule has 6 nitrogen and oxygen atoms in total. The molecule has 2 amide bonds. The highest BCUT2D eigenvalue weighted by Crippen LogP contribution is 2.33. The molecular weight excluding hydrogens is 368 g/mol. The highest BCUT2D eigenvalue weighted by molar-refractivity contribution is 5.89. The number of benzene rings is 2. The van der Waals surface area contributed by atoms with Crippen LogP contribution in [0.25, 0.3) is 5.57 Å². The standard InChI is InChI=1S/C23H24N2O4/c1-16(26)24-20-9-7-18(8-10-20)19-11-21-14-28-15-22(12-19)25(21)23(27)29-13-17-5-3-2-4-6-17/h2-11,21-22H,12-15H2,1H3,(H,24,26). The number of morpholine rings is 1. The Bertz CT molecular complexity index is 908. The maximum atomic E-state index is 12.8. The monoisotopic (exact) mass is 392 g/mol. The molecule has 2 bridgehead atoms. The number of hydrogen-bond donors (Lipinski definition) is 1. The summed E-state index contributed by atoms with van der Waals surface area (Å²) in [6, 6.07) is 17.3. The number of carbonyl (C=O) groups is 2.